The Morgan fingerprint density at radius 2 is 1.67 bits per heavy atom. The molecule has 1 aliphatic rings. The topological polar surface area (TPSA) is 20.2 Å². The normalized spacial score (nSPS) is 26.2. The maximum absolute atomic E-state index is 10.2. The van der Waals surface area contributed by atoms with E-state index in [9.17, 15) is 5.11 Å². The Morgan fingerprint density at radius 1 is 1.00 bits per heavy atom. The summed E-state index contributed by atoms with van der Waals surface area (Å²) < 4.78 is 0. The van der Waals surface area contributed by atoms with Crippen molar-refractivity contribution in [1.82, 2.24) is 0 Å². The molecule has 0 radical (unpaired) electrons. The van der Waals surface area contributed by atoms with Crippen LogP contribution in [0.1, 0.15) is 90.9 Å². The van der Waals surface area contributed by atoms with Gasteiger partial charge in [0.15, 0.2) is 0 Å². The second-order valence-electron chi connectivity index (χ2n) is 6.51. The third kappa shape index (κ3) is 6.78. The van der Waals surface area contributed by atoms with Crippen LogP contribution in [0.3, 0.4) is 0 Å². The lowest BCUT2D eigenvalue weighted by Crippen LogP contribution is -2.25. The van der Waals surface area contributed by atoms with Crippen molar-refractivity contribution in [2.24, 2.45) is 11.8 Å². The molecule has 108 valence electrons. The highest BCUT2D eigenvalue weighted by Crippen LogP contribution is 2.32. The van der Waals surface area contributed by atoms with Crippen LogP contribution < -0.4 is 0 Å². The molecule has 0 heterocycles. The van der Waals surface area contributed by atoms with Gasteiger partial charge in [0.1, 0.15) is 0 Å². The zero-order valence-corrected chi connectivity index (χ0v) is 12.7. The van der Waals surface area contributed by atoms with E-state index in [4.69, 9.17) is 0 Å². The molecule has 1 fully saturated rings. The van der Waals surface area contributed by atoms with Gasteiger partial charge in [-0.2, -0.15) is 0 Å². The Balaban J connectivity index is 1.97. The van der Waals surface area contributed by atoms with Gasteiger partial charge in [-0.05, 0) is 31.1 Å². The molecule has 0 spiro atoms. The van der Waals surface area contributed by atoms with Crippen LogP contribution >= 0.6 is 0 Å². The van der Waals surface area contributed by atoms with E-state index in [2.05, 4.69) is 13.8 Å². The predicted octanol–water partition coefficient (Wildman–Crippen LogP) is 5.31. The molecule has 0 aromatic heterocycles. The van der Waals surface area contributed by atoms with Gasteiger partial charge in [0.25, 0.3) is 0 Å². The summed E-state index contributed by atoms with van der Waals surface area (Å²) in [4.78, 5) is 0. The van der Waals surface area contributed by atoms with Gasteiger partial charge in [0.2, 0.25) is 0 Å². The van der Waals surface area contributed by atoms with Gasteiger partial charge >= 0.3 is 0 Å². The number of hydrogen-bond acceptors (Lipinski definition) is 1. The van der Waals surface area contributed by atoms with Gasteiger partial charge in [-0.25, -0.2) is 0 Å². The van der Waals surface area contributed by atoms with E-state index in [1.807, 2.05) is 0 Å². The van der Waals surface area contributed by atoms with E-state index >= 15 is 0 Å². The highest BCUT2D eigenvalue weighted by molar-refractivity contribution is 4.76. The van der Waals surface area contributed by atoms with Gasteiger partial charge in [-0.3, -0.25) is 0 Å². The van der Waals surface area contributed by atoms with Crippen LogP contribution in [-0.2, 0) is 0 Å². The van der Waals surface area contributed by atoms with Gasteiger partial charge in [-0.1, -0.05) is 71.6 Å². The maximum atomic E-state index is 10.2. The Morgan fingerprint density at radius 3 is 2.33 bits per heavy atom. The van der Waals surface area contributed by atoms with E-state index in [0.717, 1.165) is 12.3 Å². The molecule has 1 N–H and O–H groups in total. The van der Waals surface area contributed by atoms with Crippen LogP contribution in [0.4, 0.5) is 0 Å². The summed E-state index contributed by atoms with van der Waals surface area (Å²) in [6, 6.07) is 0. The van der Waals surface area contributed by atoms with Crippen LogP contribution in [-0.4, -0.2) is 11.2 Å². The fourth-order valence-electron chi connectivity index (χ4n) is 3.38. The molecule has 0 saturated heterocycles. The number of aliphatic hydroxyl groups excluding tert-OH is 1. The van der Waals surface area contributed by atoms with Crippen molar-refractivity contribution in [2.75, 3.05) is 0 Å². The summed E-state index contributed by atoms with van der Waals surface area (Å²) >= 11 is 0. The van der Waals surface area contributed by atoms with Crippen molar-refractivity contribution in [3.05, 3.63) is 0 Å². The van der Waals surface area contributed by atoms with E-state index in [1.54, 1.807) is 0 Å². The molecule has 3 unspecified atom stereocenters. The molecular formula is C17H34O. The average molecular weight is 254 g/mol. The molecule has 0 amide bonds. The molecule has 18 heavy (non-hydrogen) atoms. The first-order valence-corrected chi connectivity index (χ1v) is 8.42. The van der Waals surface area contributed by atoms with Gasteiger partial charge in [-0.15, -0.1) is 0 Å². The van der Waals surface area contributed by atoms with Crippen LogP contribution in [0.5, 0.6) is 0 Å². The number of hydrogen-bond donors (Lipinski definition) is 1. The Bertz CT molecular complexity index is 190. The average Bonchev–Trinajstić information content (AvgIpc) is 2.37. The van der Waals surface area contributed by atoms with E-state index in [0.29, 0.717) is 5.92 Å². The monoisotopic (exact) mass is 254 g/mol. The van der Waals surface area contributed by atoms with Crippen molar-refractivity contribution in [3.8, 4) is 0 Å². The first-order valence-electron chi connectivity index (χ1n) is 8.42. The second-order valence-corrected chi connectivity index (χ2v) is 6.51. The molecule has 0 aromatic carbocycles. The Hall–Kier alpha value is -0.0400. The second kappa shape index (κ2) is 9.83. The Labute approximate surface area is 114 Å². The SMILES string of the molecule is CCCCCCCCCC(O)C1CCCC(C)C1. The fraction of sp³-hybridized carbons (Fsp3) is 1.00. The minimum atomic E-state index is -0.0107. The standard InChI is InChI=1S/C17H34O/c1-3-4-5-6-7-8-9-13-17(18)16-12-10-11-15(2)14-16/h15-18H,3-14H2,1-2H3. The summed E-state index contributed by atoms with van der Waals surface area (Å²) in [5.41, 5.74) is 0. The number of unbranched alkanes of at least 4 members (excludes halogenated alkanes) is 6. The highest BCUT2D eigenvalue weighted by Gasteiger charge is 2.24. The number of aliphatic hydroxyl groups is 1. The van der Waals surface area contributed by atoms with Crippen molar-refractivity contribution < 1.29 is 5.11 Å². The minimum Gasteiger partial charge on any atom is -0.393 e. The van der Waals surface area contributed by atoms with Crippen LogP contribution in [0.2, 0.25) is 0 Å². The minimum absolute atomic E-state index is 0.0107. The summed E-state index contributed by atoms with van der Waals surface area (Å²) in [5.74, 6) is 1.45. The van der Waals surface area contributed by atoms with Crippen molar-refractivity contribution in [3.63, 3.8) is 0 Å². The summed E-state index contributed by atoms with van der Waals surface area (Å²) in [5, 5.41) is 10.2. The molecule has 1 aliphatic carbocycles. The zero-order valence-electron chi connectivity index (χ0n) is 12.7. The van der Waals surface area contributed by atoms with E-state index in [1.165, 1.54) is 70.6 Å². The first-order chi connectivity index (χ1) is 8.74. The van der Waals surface area contributed by atoms with Gasteiger partial charge < -0.3 is 5.11 Å². The van der Waals surface area contributed by atoms with Crippen LogP contribution in [0, 0.1) is 11.8 Å². The smallest absolute Gasteiger partial charge is 0.0568 e. The van der Waals surface area contributed by atoms with Crippen molar-refractivity contribution in [1.29, 1.82) is 0 Å². The molecule has 1 nitrogen and oxygen atoms in total. The molecule has 1 saturated carbocycles. The van der Waals surface area contributed by atoms with Crippen LogP contribution in [0.15, 0.2) is 0 Å². The Kier molecular flexibility index (Phi) is 8.75. The fourth-order valence-corrected chi connectivity index (χ4v) is 3.38. The third-order valence-electron chi connectivity index (χ3n) is 4.62. The maximum Gasteiger partial charge on any atom is 0.0568 e. The molecule has 3 atom stereocenters. The molecular weight excluding hydrogens is 220 g/mol. The van der Waals surface area contributed by atoms with Crippen molar-refractivity contribution in [2.45, 2.75) is 97.0 Å². The largest absolute Gasteiger partial charge is 0.393 e. The molecule has 0 bridgehead atoms. The molecule has 1 heteroatoms. The molecule has 1 rings (SSSR count). The molecule has 0 aliphatic heterocycles. The van der Waals surface area contributed by atoms with E-state index in [-0.39, 0.29) is 6.10 Å². The lowest BCUT2D eigenvalue weighted by Gasteiger charge is -2.30. The zero-order chi connectivity index (χ0) is 13.2. The van der Waals surface area contributed by atoms with E-state index < -0.39 is 0 Å². The third-order valence-corrected chi connectivity index (χ3v) is 4.62. The van der Waals surface area contributed by atoms with Gasteiger partial charge in [0.05, 0.1) is 6.10 Å². The summed E-state index contributed by atoms with van der Waals surface area (Å²) in [6.07, 6.45) is 15.7. The lowest BCUT2D eigenvalue weighted by atomic mass is 9.78. The lowest BCUT2D eigenvalue weighted by molar-refractivity contribution is 0.0627. The predicted molar refractivity (Wildman–Crippen MR) is 79.7 cm³/mol. The highest BCUT2D eigenvalue weighted by atomic mass is 16.3. The van der Waals surface area contributed by atoms with Crippen molar-refractivity contribution >= 4 is 0 Å². The first kappa shape index (κ1) is 16.0. The van der Waals surface area contributed by atoms with Crippen LogP contribution in [0.25, 0.3) is 0 Å². The molecule has 0 aromatic rings. The quantitative estimate of drug-likeness (QED) is 0.552. The van der Waals surface area contributed by atoms with Gasteiger partial charge in [0, 0.05) is 0 Å². The number of rotatable bonds is 9. The summed E-state index contributed by atoms with van der Waals surface area (Å²) in [7, 11) is 0. The summed E-state index contributed by atoms with van der Waals surface area (Å²) in [6.45, 7) is 4.61.